The van der Waals surface area contributed by atoms with Crippen LogP contribution in [0.3, 0.4) is 0 Å². The fourth-order valence-corrected chi connectivity index (χ4v) is 4.83. The Kier molecular flexibility index (Phi) is 8.59. The first-order valence-electron chi connectivity index (χ1n) is 11.4. The fourth-order valence-electron chi connectivity index (χ4n) is 3.47. The molecule has 9 nitrogen and oxygen atoms in total. The predicted molar refractivity (Wildman–Crippen MR) is 149 cm³/mol. The van der Waals surface area contributed by atoms with Crippen molar-refractivity contribution in [1.82, 2.24) is 4.90 Å². The summed E-state index contributed by atoms with van der Waals surface area (Å²) >= 11 is 4.68. The van der Waals surface area contributed by atoms with Crippen LogP contribution in [-0.4, -0.2) is 40.5 Å². The Morgan fingerprint density at radius 2 is 1.92 bits per heavy atom. The Hall–Kier alpha value is -3.96. The summed E-state index contributed by atoms with van der Waals surface area (Å²) in [6.45, 7) is 2.16. The maximum atomic E-state index is 13.0. The molecule has 38 heavy (non-hydrogen) atoms. The van der Waals surface area contributed by atoms with E-state index in [0.29, 0.717) is 44.8 Å². The number of carbonyl (C=O) groups excluding carboxylic acids is 2. The van der Waals surface area contributed by atoms with E-state index in [9.17, 15) is 19.7 Å². The first-order chi connectivity index (χ1) is 18.2. The number of halogens is 1. The molecular weight excluding hydrogens is 574 g/mol. The molecule has 0 saturated carbocycles. The molecule has 3 aromatic rings. The Morgan fingerprint density at radius 1 is 1.16 bits per heavy atom. The highest BCUT2D eigenvalue weighted by Crippen LogP contribution is 2.35. The second kappa shape index (κ2) is 12.1. The number of rotatable bonds is 8. The molecule has 0 N–H and O–H groups in total. The van der Waals surface area contributed by atoms with Gasteiger partial charge in [0.25, 0.3) is 11.6 Å². The van der Waals surface area contributed by atoms with Gasteiger partial charge in [0.1, 0.15) is 12.4 Å². The number of ether oxygens (including phenoxy) is 2. The molecule has 0 unspecified atom stereocenters. The van der Waals surface area contributed by atoms with E-state index in [-0.39, 0.29) is 18.2 Å². The van der Waals surface area contributed by atoms with E-state index in [1.165, 1.54) is 28.8 Å². The number of nitro benzene ring substituents is 1. The van der Waals surface area contributed by atoms with Crippen molar-refractivity contribution in [3.63, 3.8) is 0 Å². The number of esters is 1. The summed E-state index contributed by atoms with van der Waals surface area (Å²) in [4.78, 5) is 41.9. The molecular formula is C27H22BrN3O6S. The molecule has 1 aliphatic heterocycles. The molecule has 0 radical (unpaired) electrons. The van der Waals surface area contributed by atoms with Crippen molar-refractivity contribution in [1.29, 1.82) is 0 Å². The van der Waals surface area contributed by atoms with Gasteiger partial charge in [-0.05, 0) is 72.8 Å². The number of nitro groups is 1. The number of nitrogens with zero attached hydrogens (tertiary/aromatic N) is 3. The summed E-state index contributed by atoms with van der Waals surface area (Å²) in [5.41, 5.74) is 2.31. The average Bonchev–Trinajstić information content (AvgIpc) is 3.16. The summed E-state index contributed by atoms with van der Waals surface area (Å²) in [5, 5.41) is 11.5. The summed E-state index contributed by atoms with van der Waals surface area (Å²) in [7, 11) is 1.64. The lowest BCUT2D eigenvalue weighted by atomic mass is 10.1. The largest absolute Gasteiger partial charge is 0.488 e. The van der Waals surface area contributed by atoms with Crippen molar-refractivity contribution < 1.29 is 24.0 Å². The van der Waals surface area contributed by atoms with Crippen molar-refractivity contribution in [3.8, 4) is 5.75 Å². The van der Waals surface area contributed by atoms with E-state index >= 15 is 0 Å². The van der Waals surface area contributed by atoms with E-state index in [4.69, 9.17) is 9.47 Å². The molecule has 0 aliphatic carbocycles. The minimum Gasteiger partial charge on any atom is -0.488 e. The van der Waals surface area contributed by atoms with E-state index in [2.05, 4.69) is 20.9 Å². The number of amidine groups is 1. The van der Waals surface area contributed by atoms with Crippen molar-refractivity contribution in [2.45, 2.75) is 13.5 Å². The summed E-state index contributed by atoms with van der Waals surface area (Å²) in [6.07, 6.45) is 1.73. The SMILES string of the molecule is CCOC(=O)c1ccc(N=C2S/C(=C\c3cc(Br)ccc3OCc3cccc([N+](=O)[O-])c3)C(=O)N2C)cc1. The van der Waals surface area contributed by atoms with Crippen molar-refractivity contribution in [3.05, 3.63) is 103 Å². The zero-order valence-electron chi connectivity index (χ0n) is 20.4. The number of non-ortho nitro benzene ring substituents is 1. The molecule has 0 aromatic heterocycles. The first kappa shape index (κ1) is 27.1. The number of amides is 1. The molecule has 1 heterocycles. The topological polar surface area (TPSA) is 111 Å². The van der Waals surface area contributed by atoms with Gasteiger partial charge in [-0.2, -0.15) is 0 Å². The lowest BCUT2D eigenvalue weighted by molar-refractivity contribution is -0.384. The van der Waals surface area contributed by atoms with Crippen LogP contribution < -0.4 is 4.74 Å². The zero-order valence-corrected chi connectivity index (χ0v) is 22.8. The van der Waals surface area contributed by atoms with E-state index in [0.717, 1.165) is 4.47 Å². The van der Waals surface area contributed by atoms with Gasteiger partial charge >= 0.3 is 5.97 Å². The smallest absolute Gasteiger partial charge is 0.338 e. The van der Waals surface area contributed by atoms with Gasteiger partial charge in [-0.25, -0.2) is 9.79 Å². The third-order valence-corrected chi connectivity index (χ3v) is 6.93. The summed E-state index contributed by atoms with van der Waals surface area (Å²) in [6, 6.07) is 18.3. The quantitative estimate of drug-likeness (QED) is 0.129. The number of aliphatic imine (C=N–C) groups is 1. The molecule has 194 valence electrons. The molecule has 3 aromatic carbocycles. The van der Waals surface area contributed by atoms with Gasteiger partial charge in [0.15, 0.2) is 5.17 Å². The predicted octanol–water partition coefficient (Wildman–Crippen LogP) is 6.35. The van der Waals surface area contributed by atoms with Gasteiger partial charge in [0, 0.05) is 29.2 Å². The minimum absolute atomic E-state index is 0.0115. The van der Waals surface area contributed by atoms with Gasteiger partial charge in [-0.1, -0.05) is 28.1 Å². The number of thioether (sulfide) groups is 1. The molecule has 1 aliphatic rings. The highest BCUT2D eigenvalue weighted by molar-refractivity contribution is 9.10. The Morgan fingerprint density at radius 3 is 2.63 bits per heavy atom. The fraction of sp³-hybridized carbons (Fsp3) is 0.148. The number of benzene rings is 3. The van der Waals surface area contributed by atoms with Crippen LogP contribution in [0.25, 0.3) is 6.08 Å². The van der Waals surface area contributed by atoms with Crippen molar-refractivity contribution >= 4 is 62.2 Å². The normalized spacial score (nSPS) is 15.2. The standard InChI is InChI=1S/C27H22BrN3O6S/c1-3-36-26(33)18-7-10-21(11-8-18)29-27-30(2)25(32)24(38-27)15-19-14-20(28)9-12-23(19)37-16-17-5-4-6-22(13-17)31(34)35/h4-15H,3,16H2,1-2H3/b24-15-,29-27?. The number of hydrogen-bond donors (Lipinski definition) is 0. The van der Waals surface area contributed by atoms with E-state index < -0.39 is 10.9 Å². The average molecular weight is 596 g/mol. The zero-order chi connectivity index (χ0) is 27.2. The molecule has 1 amide bonds. The highest BCUT2D eigenvalue weighted by atomic mass is 79.9. The van der Waals surface area contributed by atoms with Crippen LogP contribution in [-0.2, 0) is 16.1 Å². The molecule has 1 saturated heterocycles. The third kappa shape index (κ3) is 6.48. The van der Waals surface area contributed by atoms with E-state index in [1.54, 1.807) is 62.5 Å². The molecule has 0 bridgehead atoms. The molecule has 1 fully saturated rings. The number of likely N-dealkylation sites (N-methyl/N-ethyl adjacent to an activating group) is 1. The molecule has 0 spiro atoms. The van der Waals surface area contributed by atoms with Crippen LogP contribution in [0.5, 0.6) is 5.75 Å². The van der Waals surface area contributed by atoms with Crippen LogP contribution in [0, 0.1) is 10.1 Å². The first-order valence-corrected chi connectivity index (χ1v) is 13.0. The summed E-state index contributed by atoms with van der Waals surface area (Å²) < 4.78 is 11.8. The van der Waals surface area contributed by atoms with Crippen molar-refractivity contribution in [2.75, 3.05) is 13.7 Å². The van der Waals surface area contributed by atoms with Crippen molar-refractivity contribution in [2.24, 2.45) is 4.99 Å². The van der Waals surface area contributed by atoms with Crippen LogP contribution in [0.15, 0.2) is 81.1 Å². The number of hydrogen-bond acceptors (Lipinski definition) is 8. The van der Waals surface area contributed by atoms with Gasteiger partial charge in [0.05, 0.1) is 27.7 Å². The third-order valence-electron chi connectivity index (χ3n) is 5.38. The Bertz CT molecular complexity index is 1460. The van der Waals surface area contributed by atoms with Gasteiger partial charge in [-0.3, -0.25) is 19.8 Å². The van der Waals surface area contributed by atoms with Gasteiger partial charge in [0.2, 0.25) is 0 Å². The maximum absolute atomic E-state index is 13.0. The molecule has 11 heteroatoms. The second-order valence-electron chi connectivity index (χ2n) is 8.03. The lowest BCUT2D eigenvalue weighted by Gasteiger charge is -2.10. The number of carbonyl (C=O) groups is 2. The van der Waals surface area contributed by atoms with Gasteiger partial charge in [-0.15, -0.1) is 0 Å². The molecule has 4 rings (SSSR count). The van der Waals surface area contributed by atoms with Crippen LogP contribution in [0.1, 0.15) is 28.4 Å². The molecule has 0 atom stereocenters. The van der Waals surface area contributed by atoms with Crippen LogP contribution in [0.4, 0.5) is 11.4 Å². The lowest BCUT2D eigenvalue weighted by Crippen LogP contribution is -2.23. The maximum Gasteiger partial charge on any atom is 0.338 e. The van der Waals surface area contributed by atoms with Crippen LogP contribution in [0.2, 0.25) is 0 Å². The highest BCUT2D eigenvalue weighted by Gasteiger charge is 2.30. The monoisotopic (exact) mass is 595 g/mol. The Balaban J connectivity index is 1.54. The summed E-state index contributed by atoms with van der Waals surface area (Å²) in [5.74, 6) is -0.110. The second-order valence-corrected chi connectivity index (χ2v) is 9.96. The minimum atomic E-state index is -0.452. The van der Waals surface area contributed by atoms with E-state index in [1.807, 2.05) is 12.1 Å². The van der Waals surface area contributed by atoms with Gasteiger partial charge < -0.3 is 9.47 Å². The van der Waals surface area contributed by atoms with Crippen LogP contribution >= 0.6 is 27.7 Å². The Labute approximate surface area is 231 Å².